The fourth-order valence-corrected chi connectivity index (χ4v) is 5.13. The lowest BCUT2D eigenvalue weighted by molar-refractivity contribution is 0.0500. The van der Waals surface area contributed by atoms with Crippen LogP contribution in [0.15, 0.2) is 12.1 Å². The molecule has 2 nitrogen and oxygen atoms in total. The molecule has 1 saturated carbocycles. The fraction of sp³-hybridized carbons (Fsp3) is 0.650. The molecule has 0 heterocycles. The van der Waals surface area contributed by atoms with Crippen LogP contribution in [-0.4, -0.2) is 12.9 Å². The topological polar surface area (TPSA) is 26.3 Å². The second-order valence-corrected chi connectivity index (χ2v) is 8.32. The average Bonchev–Trinajstić information content (AvgIpc) is 2.67. The standard InChI is InChI=1S/C20H28O2/c1-12(2)13-8-9-14-15(17(13)22-6)16(21)18-19(3,4)10-7-11-20(14,18)5/h8-9,12,18H,7,10-11H2,1-6H3/t18-,20-/m1/s1. The fourth-order valence-electron chi connectivity index (χ4n) is 5.13. The Labute approximate surface area is 134 Å². The molecule has 0 spiro atoms. The zero-order valence-electron chi connectivity index (χ0n) is 14.7. The summed E-state index contributed by atoms with van der Waals surface area (Å²) >= 11 is 0. The summed E-state index contributed by atoms with van der Waals surface area (Å²) in [4.78, 5) is 13.3. The minimum atomic E-state index is -0.0308. The van der Waals surface area contributed by atoms with Crippen molar-refractivity contribution in [3.05, 3.63) is 28.8 Å². The Morgan fingerprint density at radius 1 is 1.18 bits per heavy atom. The number of ketones is 1. The molecule has 0 bridgehead atoms. The maximum absolute atomic E-state index is 13.3. The lowest BCUT2D eigenvalue weighted by Crippen LogP contribution is -2.44. The Bertz CT molecular complexity index is 627. The highest BCUT2D eigenvalue weighted by Crippen LogP contribution is 2.59. The van der Waals surface area contributed by atoms with E-state index in [0.29, 0.717) is 11.7 Å². The maximum Gasteiger partial charge on any atom is 0.171 e. The molecule has 2 atom stereocenters. The van der Waals surface area contributed by atoms with E-state index in [9.17, 15) is 4.79 Å². The van der Waals surface area contributed by atoms with Crippen LogP contribution in [0.1, 0.15) is 81.3 Å². The van der Waals surface area contributed by atoms with Gasteiger partial charge in [0.2, 0.25) is 0 Å². The van der Waals surface area contributed by atoms with Gasteiger partial charge in [0.05, 0.1) is 12.7 Å². The van der Waals surface area contributed by atoms with Gasteiger partial charge in [0.1, 0.15) is 5.75 Å². The highest BCUT2D eigenvalue weighted by Gasteiger charge is 2.57. The van der Waals surface area contributed by atoms with E-state index in [2.05, 4.69) is 46.8 Å². The van der Waals surface area contributed by atoms with Crippen LogP contribution in [0, 0.1) is 11.3 Å². The van der Waals surface area contributed by atoms with Crippen molar-refractivity contribution in [2.45, 2.75) is 65.2 Å². The monoisotopic (exact) mass is 300 g/mol. The molecule has 1 aromatic rings. The predicted molar refractivity (Wildman–Crippen MR) is 89.9 cm³/mol. The van der Waals surface area contributed by atoms with Crippen LogP contribution in [0.5, 0.6) is 5.75 Å². The molecule has 3 rings (SSSR count). The number of benzene rings is 1. The Morgan fingerprint density at radius 3 is 2.45 bits per heavy atom. The van der Waals surface area contributed by atoms with Gasteiger partial charge in [-0.1, -0.05) is 53.2 Å². The summed E-state index contributed by atoms with van der Waals surface area (Å²) in [6.45, 7) is 11.1. The third-order valence-electron chi connectivity index (χ3n) is 6.07. The highest BCUT2D eigenvalue weighted by atomic mass is 16.5. The molecule has 0 saturated heterocycles. The lowest BCUT2D eigenvalue weighted by atomic mass is 9.56. The van der Waals surface area contributed by atoms with Crippen LogP contribution in [0.3, 0.4) is 0 Å². The zero-order valence-corrected chi connectivity index (χ0v) is 14.7. The maximum atomic E-state index is 13.3. The van der Waals surface area contributed by atoms with E-state index in [1.54, 1.807) is 7.11 Å². The van der Waals surface area contributed by atoms with Crippen LogP contribution in [0.4, 0.5) is 0 Å². The molecule has 1 fully saturated rings. The van der Waals surface area contributed by atoms with E-state index < -0.39 is 0 Å². The van der Waals surface area contributed by atoms with E-state index >= 15 is 0 Å². The first kappa shape index (κ1) is 15.6. The molecule has 0 aliphatic heterocycles. The van der Waals surface area contributed by atoms with Gasteiger partial charge in [0.15, 0.2) is 5.78 Å². The van der Waals surface area contributed by atoms with E-state index in [1.165, 1.54) is 12.0 Å². The molecule has 0 amide bonds. The van der Waals surface area contributed by atoms with Crippen molar-refractivity contribution in [3.8, 4) is 5.75 Å². The number of carbonyl (C=O) groups excluding carboxylic acids is 1. The quantitative estimate of drug-likeness (QED) is 0.759. The number of hydrogen-bond acceptors (Lipinski definition) is 2. The molecule has 0 aromatic heterocycles. The van der Waals surface area contributed by atoms with Crippen molar-refractivity contribution >= 4 is 5.78 Å². The second kappa shape index (κ2) is 4.84. The summed E-state index contributed by atoms with van der Waals surface area (Å²) in [5.41, 5.74) is 3.27. The second-order valence-electron chi connectivity index (χ2n) is 8.32. The Hall–Kier alpha value is -1.31. The van der Waals surface area contributed by atoms with Crippen molar-refractivity contribution in [2.75, 3.05) is 7.11 Å². The van der Waals surface area contributed by atoms with Gasteiger partial charge in [-0.05, 0) is 35.3 Å². The Kier molecular flexibility index (Phi) is 3.43. The first-order valence-electron chi connectivity index (χ1n) is 8.49. The number of carbonyl (C=O) groups is 1. The number of methoxy groups -OCH3 is 1. The predicted octanol–water partition coefficient (Wildman–Crippen LogP) is 5.10. The van der Waals surface area contributed by atoms with Crippen LogP contribution in [0.25, 0.3) is 0 Å². The number of fused-ring (bicyclic) bond motifs is 3. The summed E-state index contributed by atoms with van der Waals surface area (Å²) < 4.78 is 5.72. The average molecular weight is 300 g/mol. The number of ether oxygens (including phenoxy) is 1. The van der Waals surface area contributed by atoms with E-state index in [-0.39, 0.29) is 16.7 Å². The summed E-state index contributed by atoms with van der Waals surface area (Å²) in [6.07, 6.45) is 3.43. The van der Waals surface area contributed by atoms with Crippen molar-refractivity contribution < 1.29 is 9.53 Å². The number of rotatable bonds is 2. The molecule has 2 aliphatic carbocycles. The van der Waals surface area contributed by atoms with E-state index in [1.807, 2.05) is 0 Å². The third kappa shape index (κ3) is 1.89. The van der Waals surface area contributed by atoms with Gasteiger partial charge in [-0.2, -0.15) is 0 Å². The largest absolute Gasteiger partial charge is 0.496 e. The summed E-state index contributed by atoms with van der Waals surface area (Å²) in [5, 5.41) is 0. The molecule has 2 aliphatic rings. The van der Waals surface area contributed by atoms with Gasteiger partial charge in [0, 0.05) is 11.3 Å². The summed E-state index contributed by atoms with van der Waals surface area (Å²) in [5.74, 6) is 1.57. The van der Waals surface area contributed by atoms with Crippen LogP contribution in [0.2, 0.25) is 0 Å². The molecule has 2 heteroatoms. The molecule has 0 unspecified atom stereocenters. The van der Waals surface area contributed by atoms with Gasteiger partial charge in [-0.15, -0.1) is 0 Å². The minimum absolute atomic E-state index is 0.0308. The van der Waals surface area contributed by atoms with Gasteiger partial charge >= 0.3 is 0 Å². The van der Waals surface area contributed by atoms with Gasteiger partial charge in [-0.25, -0.2) is 0 Å². The Morgan fingerprint density at radius 2 is 1.86 bits per heavy atom. The summed E-state index contributed by atoms with van der Waals surface area (Å²) in [6, 6.07) is 4.37. The van der Waals surface area contributed by atoms with Crippen molar-refractivity contribution in [1.82, 2.24) is 0 Å². The minimum Gasteiger partial charge on any atom is -0.496 e. The molecule has 22 heavy (non-hydrogen) atoms. The molecule has 0 N–H and O–H groups in total. The number of hydrogen-bond donors (Lipinski definition) is 0. The van der Waals surface area contributed by atoms with Crippen LogP contribution < -0.4 is 4.74 Å². The lowest BCUT2D eigenvalue weighted by Gasteiger charge is -2.46. The SMILES string of the molecule is COc1c(C(C)C)ccc2c1C(=O)[C@@H]1C(C)(C)CCC[C@]21C. The molecular formula is C20H28O2. The highest BCUT2D eigenvalue weighted by molar-refractivity contribution is 6.07. The molecule has 120 valence electrons. The van der Waals surface area contributed by atoms with Crippen molar-refractivity contribution in [1.29, 1.82) is 0 Å². The molecule has 0 radical (unpaired) electrons. The van der Waals surface area contributed by atoms with E-state index in [4.69, 9.17) is 4.74 Å². The normalized spacial score (nSPS) is 29.4. The van der Waals surface area contributed by atoms with Crippen molar-refractivity contribution in [2.24, 2.45) is 11.3 Å². The number of Topliss-reactive ketones (excluding diaryl/α,β-unsaturated/α-hetero) is 1. The molecule has 1 aromatic carbocycles. The van der Waals surface area contributed by atoms with Crippen LogP contribution >= 0.6 is 0 Å². The van der Waals surface area contributed by atoms with Gasteiger partial charge < -0.3 is 4.74 Å². The van der Waals surface area contributed by atoms with Gasteiger partial charge in [-0.3, -0.25) is 4.79 Å². The Balaban J connectivity index is 2.26. The third-order valence-corrected chi connectivity index (χ3v) is 6.07. The summed E-state index contributed by atoms with van der Waals surface area (Å²) in [7, 11) is 1.70. The van der Waals surface area contributed by atoms with E-state index in [0.717, 1.165) is 29.7 Å². The first-order chi connectivity index (χ1) is 10.2. The zero-order chi connectivity index (χ0) is 16.3. The van der Waals surface area contributed by atoms with Crippen molar-refractivity contribution in [3.63, 3.8) is 0 Å². The van der Waals surface area contributed by atoms with Crippen LogP contribution in [-0.2, 0) is 5.41 Å². The first-order valence-corrected chi connectivity index (χ1v) is 8.49. The van der Waals surface area contributed by atoms with Gasteiger partial charge in [0.25, 0.3) is 0 Å². The smallest absolute Gasteiger partial charge is 0.171 e. The molecular weight excluding hydrogens is 272 g/mol.